The van der Waals surface area contributed by atoms with Crippen molar-refractivity contribution in [3.63, 3.8) is 0 Å². The van der Waals surface area contributed by atoms with Gasteiger partial charge in [0.15, 0.2) is 0 Å². The molecule has 1 saturated carbocycles. The molecule has 0 aromatic heterocycles. The Kier molecular flexibility index (Phi) is 5.45. The van der Waals surface area contributed by atoms with Crippen LogP contribution in [0, 0.1) is 11.8 Å². The lowest BCUT2D eigenvalue weighted by molar-refractivity contribution is -0.130. The highest BCUT2D eigenvalue weighted by Gasteiger charge is 2.25. The van der Waals surface area contributed by atoms with Crippen LogP contribution in [0.5, 0.6) is 0 Å². The minimum absolute atomic E-state index is 0.00847. The van der Waals surface area contributed by atoms with Gasteiger partial charge in [0, 0.05) is 5.92 Å². The molecule has 0 aliphatic heterocycles. The maximum atomic E-state index is 12.0. The first-order chi connectivity index (χ1) is 8.00. The monoisotopic (exact) mass is 240 g/mol. The molecule has 0 spiro atoms. The van der Waals surface area contributed by atoms with E-state index in [1.807, 2.05) is 13.8 Å². The van der Waals surface area contributed by atoms with Gasteiger partial charge in [-0.3, -0.25) is 9.59 Å². The molecule has 0 unspecified atom stereocenters. The average molecular weight is 240 g/mol. The average Bonchev–Trinajstić information content (AvgIpc) is 2.28. The number of primary amides is 1. The number of amides is 2. The number of nitrogens with one attached hydrogen (secondary N) is 1. The van der Waals surface area contributed by atoms with E-state index in [9.17, 15) is 9.59 Å². The molecule has 0 saturated heterocycles. The second-order valence-electron chi connectivity index (χ2n) is 5.43. The van der Waals surface area contributed by atoms with E-state index in [0.29, 0.717) is 12.3 Å². The van der Waals surface area contributed by atoms with Crippen molar-refractivity contribution in [1.82, 2.24) is 5.32 Å². The Hall–Kier alpha value is -1.06. The van der Waals surface area contributed by atoms with Crippen LogP contribution in [0.4, 0.5) is 0 Å². The normalized spacial score (nSPS) is 19.0. The fourth-order valence-electron chi connectivity index (χ4n) is 2.37. The summed E-state index contributed by atoms with van der Waals surface area (Å²) in [5.41, 5.74) is 5.31. The van der Waals surface area contributed by atoms with Gasteiger partial charge in [-0.2, -0.15) is 0 Å². The molecule has 1 aliphatic carbocycles. The van der Waals surface area contributed by atoms with Crippen molar-refractivity contribution in [1.29, 1.82) is 0 Å². The molecule has 0 heterocycles. The van der Waals surface area contributed by atoms with E-state index >= 15 is 0 Å². The van der Waals surface area contributed by atoms with Gasteiger partial charge >= 0.3 is 0 Å². The third kappa shape index (κ3) is 4.75. The molecule has 0 bridgehead atoms. The van der Waals surface area contributed by atoms with Crippen molar-refractivity contribution >= 4 is 11.8 Å². The summed E-state index contributed by atoms with van der Waals surface area (Å²) in [4.78, 5) is 23.2. The van der Waals surface area contributed by atoms with Crippen molar-refractivity contribution in [2.24, 2.45) is 17.6 Å². The fraction of sp³-hybridized carbons (Fsp3) is 0.846. The molecule has 4 nitrogen and oxygen atoms in total. The number of carbonyl (C=O) groups is 2. The van der Waals surface area contributed by atoms with E-state index < -0.39 is 11.9 Å². The van der Waals surface area contributed by atoms with Crippen LogP contribution >= 0.6 is 0 Å². The molecular weight excluding hydrogens is 216 g/mol. The van der Waals surface area contributed by atoms with Crippen molar-refractivity contribution < 1.29 is 9.59 Å². The SMILES string of the molecule is CC(C)C[C@H](NC(=O)C1CCCCC1)C(N)=O. The van der Waals surface area contributed by atoms with Crippen LogP contribution in [-0.2, 0) is 9.59 Å². The van der Waals surface area contributed by atoms with E-state index in [-0.39, 0.29) is 11.8 Å². The zero-order chi connectivity index (χ0) is 12.8. The first-order valence-electron chi connectivity index (χ1n) is 6.60. The summed E-state index contributed by atoms with van der Waals surface area (Å²) in [5, 5.41) is 2.80. The zero-order valence-corrected chi connectivity index (χ0v) is 10.9. The van der Waals surface area contributed by atoms with Crippen LogP contribution in [0.1, 0.15) is 52.4 Å². The molecule has 1 atom stereocenters. The zero-order valence-electron chi connectivity index (χ0n) is 10.9. The molecular formula is C13H24N2O2. The maximum absolute atomic E-state index is 12.0. The van der Waals surface area contributed by atoms with E-state index in [4.69, 9.17) is 5.73 Å². The van der Waals surface area contributed by atoms with Crippen LogP contribution in [0.3, 0.4) is 0 Å². The summed E-state index contributed by atoms with van der Waals surface area (Å²) in [6.45, 7) is 4.03. The molecule has 2 amide bonds. The van der Waals surface area contributed by atoms with Gasteiger partial charge in [0.2, 0.25) is 11.8 Å². The van der Waals surface area contributed by atoms with Gasteiger partial charge in [-0.1, -0.05) is 33.1 Å². The number of hydrogen-bond acceptors (Lipinski definition) is 2. The highest BCUT2D eigenvalue weighted by molar-refractivity contribution is 5.87. The van der Waals surface area contributed by atoms with Crippen molar-refractivity contribution in [2.45, 2.75) is 58.4 Å². The Morgan fingerprint density at radius 3 is 2.29 bits per heavy atom. The molecule has 17 heavy (non-hydrogen) atoms. The van der Waals surface area contributed by atoms with Gasteiger partial charge in [-0.05, 0) is 25.2 Å². The van der Waals surface area contributed by atoms with Crippen LogP contribution < -0.4 is 11.1 Å². The lowest BCUT2D eigenvalue weighted by atomic mass is 9.88. The molecule has 3 N–H and O–H groups in total. The predicted molar refractivity (Wildman–Crippen MR) is 67.2 cm³/mol. The number of rotatable bonds is 5. The minimum Gasteiger partial charge on any atom is -0.368 e. The topological polar surface area (TPSA) is 72.2 Å². The summed E-state index contributed by atoms with van der Waals surface area (Å²) >= 11 is 0. The van der Waals surface area contributed by atoms with Crippen LogP contribution in [0.15, 0.2) is 0 Å². The van der Waals surface area contributed by atoms with Crippen molar-refractivity contribution in [3.05, 3.63) is 0 Å². The lowest BCUT2D eigenvalue weighted by Gasteiger charge is -2.24. The number of hydrogen-bond donors (Lipinski definition) is 2. The first kappa shape index (κ1) is 14.0. The largest absolute Gasteiger partial charge is 0.368 e. The van der Waals surface area contributed by atoms with Gasteiger partial charge in [0.1, 0.15) is 6.04 Å². The van der Waals surface area contributed by atoms with Gasteiger partial charge in [0.25, 0.3) is 0 Å². The Bertz CT molecular complexity index is 271. The second-order valence-corrected chi connectivity index (χ2v) is 5.43. The third-order valence-corrected chi connectivity index (χ3v) is 3.34. The molecule has 0 radical (unpaired) electrons. The Morgan fingerprint density at radius 2 is 1.82 bits per heavy atom. The first-order valence-corrected chi connectivity index (χ1v) is 6.60. The summed E-state index contributed by atoms with van der Waals surface area (Å²) < 4.78 is 0. The smallest absolute Gasteiger partial charge is 0.240 e. The second kappa shape index (κ2) is 6.62. The lowest BCUT2D eigenvalue weighted by Crippen LogP contribution is -2.47. The quantitative estimate of drug-likeness (QED) is 0.766. The Labute approximate surface area is 103 Å². The highest BCUT2D eigenvalue weighted by Crippen LogP contribution is 2.23. The molecule has 4 heteroatoms. The molecule has 98 valence electrons. The molecule has 1 rings (SSSR count). The third-order valence-electron chi connectivity index (χ3n) is 3.34. The number of carbonyl (C=O) groups excluding carboxylic acids is 2. The summed E-state index contributed by atoms with van der Waals surface area (Å²) in [6.07, 6.45) is 5.95. The van der Waals surface area contributed by atoms with Gasteiger partial charge in [0.05, 0.1) is 0 Å². The molecule has 1 fully saturated rings. The van der Waals surface area contributed by atoms with E-state index in [2.05, 4.69) is 5.32 Å². The van der Waals surface area contributed by atoms with Crippen LogP contribution in [0.25, 0.3) is 0 Å². The summed E-state index contributed by atoms with van der Waals surface area (Å²) in [7, 11) is 0. The van der Waals surface area contributed by atoms with Gasteiger partial charge in [-0.15, -0.1) is 0 Å². The van der Waals surface area contributed by atoms with Crippen molar-refractivity contribution in [2.75, 3.05) is 0 Å². The van der Waals surface area contributed by atoms with Crippen LogP contribution in [0.2, 0.25) is 0 Å². The molecule has 0 aromatic rings. The Morgan fingerprint density at radius 1 is 1.24 bits per heavy atom. The van der Waals surface area contributed by atoms with Crippen LogP contribution in [-0.4, -0.2) is 17.9 Å². The van der Waals surface area contributed by atoms with E-state index in [1.165, 1.54) is 6.42 Å². The van der Waals surface area contributed by atoms with E-state index in [0.717, 1.165) is 25.7 Å². The Balaban J connectivity index is 2.47. The highest BCUT2D eigenvalue weighted by atomic mass is 16.2. The minimum atomic E-state index is -0.510. The van der Waals surface area contributed by atoms with Gasteiger partial charge in [-0.25, -0.2) is 0 Å². The van der Waals surface area contributed by atoms with Gasteiger partial charge < -0.3 is 11.1 Å². The summed E-state index contributed by atoms with van der Waals surface area (Å²) in [6, 6.07) is -0.510. The maximum Gasteiger partial charge on any atom is 0.240 e. The standard InChI is InChI=1S/C13H24N2O2/c1-9(2)8-11(12(14)16)15-13(17)10-6-4-3-5-7-10/h9-11H,3-8H2,1-2H3,(H2,14,16)(H,15,17)/t11-/m0/s1. The molecule has 0 aromatic carbocycles. The van der Waals surface area contributed by atoms with Crippen molar-refractivity contribution in [3.8, 4) is 0 Å². The summed E-state index contributed by atoms with van der Waals surface area (Å²) in [5.74, 6) is 0.00827. The fourth-order valence-corrected chi connectivity index (χ4v) is 2.37. The predicted octanol–water partition coefficient (Wildman–Crippen LogP) is 1.58. The van der Waals surface area contributed by atoms with E-state index in [1.54, 1.807) is 0 Å². The molecule has 1 aliphatic rings. The number of nitrogens with two attached hydrogens (primary N) is 1.